The summed E-state index contributed by atoms with van der Waals surface area (Å²) in [6.45, 7) is 4.10. The Bertz CT molecular complexity index is 1020. The molecule has 2 aliphatic rings. The van der Waals surface area contributed by atoms with Crippen molar-refractivity contribution >= 4 is 16.7 Å². The van der Waals surface area contributed by atoms with Gasteiger partial charge in [-0.3, -0.25) is 4.79 Å². The molecular formula is C23H27N5O. The number of hydrogen-bond donors (Lipinski definition) is 1. The maximum atomic E-state index is 13.4. The minimum atomic E-state index is -0.00616. The van der Waals surface area contributed by atoms with Crippen molar-refractivity contribution in [2.45, 2.75) is 50.7 Å². The Labute approximate surface area is 170 Å². The van der Waals surface area contributed by atoms with Crippen LogP contribution in [0, 0.1) is 0 Å². The summed E-state index contributed by atoms with van der Waals surface area (Å²) >= 11 is 0. The Balaban J connectivity index is 1.40. The van der Waals surface area contributed by atoms with E-state index in [1.807, 2.05) is 15.8 Å². The molecule has 1 amide bonds. The number of carbonyl (C=O) groups is 1. The van der Waals surface area contributed by atoms with Gasteiger partial charge in [0, 0.05) is 6.04 Å². The van der Waals surface area contributed by atoms with Crippen LogP contribution in [0.1, 0.15) is 60.7 Å². The average molecular weight is 390 g/mol. The Morgan fingerprint density at radius 1 is 1.10 bits per heavy atom. The fraction of sp³-hybridized carbons (Fsp3) is 0.435. The molecule has 2 aromatic carbocycles. The summed E-state index contributed by atoms with van der Waals surface area (Å²) < 4.78 is 1.89. The van der Waals surface area contributed by atoms with E-state index in [0.29, 0.717) is 17.8 Å². The predicted molar refractivity (Wildman–Crippen MR) is 113 cm³/mol. The summed E-state index contributed by atoms with van der Waals surface area (Å²) in [5.74, 6) is -0.00616. The second-order valence-electron chi connectivity index (χ2n) is 8.29. The maximum absolute atomic E-state index is 13.4. The maximum Gasteiger partial charge on any atom is 0.276 e. The van der Waals surface area contributed by atoms with Crippen LogP contribution in [0.15, 0.2) is 48.7 Å². The van der Waals surface area contributed by atoms with Gasteiger partial charge < -0.3 is 10.2 Å². The Hall–Kier alpha value is -2.73. The van der Waals surface area contributed by atoms with E-state index in [0.717, 1.165) is 44.3 Å². The van der Waals surface area contributed by atoms with E-state index in [4.69, 9.17) is 0 Å². The number of nitrogens with zero attached hydrogens (tertiary/aromatic N) is 4. The van der Waals surface area contributed by atoms with E-state index in [1.165, 1.54) is 10.8 Å². The molecule has 1 aromatic heterocycles. The molecular weight excluding hydrogens is 362 g/mol. The van der Waals surface area contributed by atoms with Gasteiger partial charge in [-0.25, -0.2) is 4.68 Å². The van der Waals surface area contributed by atoms with Crippen LogP contribution < -0.4 is 5.32 Å². The van der Waals surface area contributed by atoms with E-state index in [1.54, 1.807) is 0 Å². The van der Waals surface area contributed by atoms with Gasteiger partial charge in [-0.05, 0) is 68.1 Å². The molecule has 0 bridgehead atoms. The summed E-state index contributed by atoms with van der Waals surface area (Å²) in [6.07, 6.45) is 6.02. The predicted octanol–water partition coefficient (Wildman–Crippen LogP) is 3.72. The van der Waals surface area contributed by atoms with Gasteiger partial charge in [0.25, 0.3) is 5.91 Å². The fourth-order valence-corrected chi connectivity index (χ4v) is 4.40. The number of aromatic nitrogens is 3. The van der Waals surface area contributed by atoms with E-state index >= 15 is 0 Å². The van der Waals surface area contributed by atoms with Crippen LogP contribution in [-0.2, 0) is 0 Å². The molecule has 6 heteroatoms. The molecule has 6 nitrogen and oxygen atoms in total. The molecule has 0 spiro atoms. The Kier molecular flexibility index (Phi) is 4.79. The van der Waals surface area contributed by atoms with Gasteiger partial charge >= 0.3 is 0 Å². The van der Waals surface area contributed by atoms with Crippen LogP contribution in [0.5, 0.6) is 0 Å². The molecule has 1 atom stereocenters. The molecule has 1 saturated carbocycles. The van der Waals surface area contributed by atoms with Crippen molar-refractivity contribution in [3.05, 3.63) is 59.9 Å². The van der Waals surface area contributed by atoms with Crippen molar-refractivity contribution in [1.82, 2.24) is 25.2 Å². The van der Waals surface area contributed by atoms with Gasteiger partial charge in [0.05, 0.1) is 18.3 Å². The number of carbonyl (C=O) groups excluding carboxylic acids is 1. The number of nitrogens with one attached hydrogen (secondary N) is 1. The lowest BCUT2D eigenvalue weighted by molar-refractivity contribution is 0.0667. The lowest BCUT2D eigenvalue weighted by Gasteiger charge is -2.29. The van der Waals surface area contributed by atoms with Crippen molar-refractivity contribution in [2.75, 3.05) is 13.1 Å². The highest BCUT2D eigenvalue weighted by Gasteiger charge is 2.38. The van der Waals surface area contributed by atoms with Crippen LogP contribution in [0.25, 0.3) is 10.8 Å². The van der Waals surface area contributed by atoms with Crippen molar-refractivity contribution in [3.8, 4) is 0 Å². The van der Waals surface area contributed by atoms with Crippen molar-refractivity contribution < 1.29 is 4.79 Å². The highest BCUT2D eigenvalue weighted by molar-refractivity contribution is 5.93. The van der Waals surface area contributed by atoms with Gasteiger partial charge in [0.2, 0.25) is 0 Å². The number of rotatable bonds is 5. The topological polar surface area (TPSA) is 63.1 Å². The quantitative estimate of drug-likeness (QED) is 0.722. The van der Waals surface area contributed by atoms with Crippen molar-refractivity contribution in [1.29, 1.82) is 0 Å². The van der Waals surface area contributed by atoms with Gasteiger partial charge in [-0.1, -0.05) is 41.6 Å². The molecule has 0 radical (unpaired) electrons. The fourth-order valence-electron chi connectivity index (χ4n) is 4.40. The van der Waals surface area contributed by atoms with Crippen LogP contribution in [-0.4, -0.2) is 44.9 Å². The molecule has 1 unspecified atom stereocenters. The minimum Gasteiger partial charge on any atom is -0.327 e. The van der Waals surface area contributed by atoms with Crippen LogP contribution >= 0.6 is 0 Å². The number of amides is 1. The van der Waals surface area contributed by atoms with Crippen LogP contribution in [0.2, 0.25) is 0 Å². The number of benzene rings is 2. The first-order valence-corrected chi connectivity index (χ1v) is 10.6. The average Bonchev–Trinajstić information content (AvgIpc) is 3.47. The summed E-state index contributed by atoms with van der Waals surface area (Å²) in [5, 5.41) is 14.3. The highest BCUT2D eigenvalue weighted by atomic mass is 16.2. The molecule has 3 aromatic rings. The zero-order chi connectivity index (χ0) is 19.8. The summed E-state index contributed by atoms with van der Waals surface area (Å²) in [7, 11) is 0. The summed E-state index contributed by atoms with van der Waals surface area (Å²) in [5.41, 5.74) is 1.62. The molecule has 1 N–H and O–H groups in total. The van der Waals surface area contributed by atoms with Gasteiger partial charge in [0.1, 0.15) is 0 Å². The highest BCUT2D eigenvalue weighted by Crippen LogP contribution is 2.36. The van der Waals surface area contributed by atoms with Crippen molar-refractivity contribution in [3.63, 3.8) is 0 Å². The molecule has 1 saturated heterocycles. The zero-order valence-corrected chi connectivity index (χ0v) is 16.8. The molecule has 29 heavy (non-hydrogen) atoms. The van der Waals surface area contributed by atoms with Crippen molar-refractivity contribution in [2.24, 2.45) is 0 Å². The molecule has 1 aliphatic carbocycles. The number of fused-ring (bicyclic) bond motifs is 1. The second kappa shape index (κ2) is 7.59. The Morgan fingerprint density at radius 3 is 2.62 bits per heavy atom. The van der Waals surface area contributed by atoms with E-state index in [2.05, 4.69) is 65.0 Å². The third-order valence-corrected chi connectivity index (χ3v) is 6.26. The van der Waals surface area contributed by atoms with Crippen LogP contribution in [0.3, 0.4) is 0 Å². The van der Waals surface area contributed by atoms with Gasteiger partial charge in [-0.15, -0.1) is 5.10 Å². The monoisotopic (exact) mass is 389 g/mol. The lowest BCUT2D eigenvalue weighted by atomic mass is 10.0. The normalized spacial score (nSPS) is 18.7. The number of piperidine rings is 1. The number of hydrogen-bond acceptors (Lipinski definition) is 4. The Morgan fingerprint density at radius 2 is 1.86 bits per heavy atom. The third kappa shape index (κ3) is 3.65. The first-order valence-electron chi connectivity index (χ1n) is 10.6. The van der Waals surface area contributed by atoms with Gasteiger partial charge in [0.15, 0.2) is 5.69 Å². The van der Waals surface area contributed by atoms with Crippen LogP contribution in [0.4, 0.5) is 0 Å². The second-order valence-corrected chi connectivity index (χ2v) is 8.29. The van der Waals surface area contributed by atoms with Gasteiger partial charge in [-0.2, -0.15) is 0 Å². The molecule has 2 heterocycles. The SMILES string of the molecule is CC(c1ccc2ccccc2c1)N(C(=O)c1cn(C2CCNCC2)nn1)C1CC1. The summed E-state index contributed by atoms with van der Waals surface area (Å²) in [4.78, 5) is 15.4. The molecule has 150 valence electrons. The first-order chi connectivity index (χ1) is 14.2. The largest absolute Gasteiger partial charge is 0.327 e. The van der Waals surface area contributed by atoms with E-state index in [-0.39, 0.29) is 11.9 Å². The van der Waals surface area contributed by atoms with E-state index in [9.17, 15) is 4.79 Å². The third-order valence-electron chi connectivity index (χ3n) is 6.26. The molecule has 5 rings (SSSR count). The standard InChI is InChI=1S/C23H27N5O/c1-16(18-7-6-17-4-2-3-5-19(17)14-18)28(21-8-9-21)23(29)22-15-27(26-25-22)20-10-12-24-13-11-20/h2-7,14-16,20-21,24H,8-13H2,1H3. The molecule has 1 aliphatic heterocycles. The minimum absolute atomic E-state index is 0.00337. The first kappa shape index (κ1) is 18.3. The summed E-state index contributed by atoms with van der Waals surface area (Å²) in [6, 6.07) is 15.5. The smallest absolute Gasteiger partial charge is 0.276 e. The zero-order valence-electron chi connectivity index (χ0n) is 16.8. The van der Waals surface area contributed by atoms with E-state index < -0.39 is 0 Å². The molecule has 2 fully saturated rings. The lowest BCUT2D eigenvalue weighted by Crippen LogP contribution is -2.35.